The summed E-state index contributed by atoms with van der Waals surface area (Å²) in [6.45, 7) is 9.58. The summed E-state index contributed by atoms with van der Waals surface area (Å²) in [4.78, 5) is 12.0. The quantitative estimate of drug-likeness (QED) is 0.219. The Morgan fingerprint density at radius 2 is 1.41 bits per heavy atom. The molecule has 0 bridgehead atoms. The van der Waals surface area contributed by atoms with Gasteiger partial charge in [0.25, 0.3) is 0 Å². The van der Waals surface area contributed by atoms with Gasteiger partial charge in [-0.2, -0.15) is 0 Å². The van der Waals surface area contributed by atoms with Crippen LogP contribution in [0.4, 0.5) is 0 Å². The Kier molecular flexibility index (Phi) is 10.5. The highest BCUT2D eigenvalue weighted by molar-refractivity contribution is 5.95. The first kappa shape index (κ1) is 29.2. The number of hydrogen-bond acceptors (Lipinski definition) is 5. The lowest BCUT2D eigenvalue weighted by atomic mass is 9.85. The molecule has 39 heavy (non-hydrogen) atoms. The van der Waals surface area contributed by atoms with Gasteiger partial charge in [-0.05, 0) is 36.5 Å². The van der Waals surface area contributed by atoms with Crippen LogP contribution < -0.4 is 0 Å². The lowest BCUT2D eigenvalue weighted by molar-refractivity contribution is -0.359. The van der Waals surface area contributed by atoms with Gasteiger partial charge in [-0.1, -0.05) is 106 Å². The smallest absolute Gasteiger partial charge is 0.194 e. The number of carbonyl (C=O) groups is 1. The topological polar surface area (TPSA) is 54.0 Å². The molecule has 1 heterocycles. The maximum Gasteiger partial charge on any atom is 0.194 e. The first-order valence-electron chi connectivity index (χ1n) is 14.2. The highest BCUT2D eigenvalue weighted by Crippen LogP contribution is 2.39. The van der Waals surface area contributed by atoms with Crippen LogP contribution >= 0.6 is 0 Å². The van der Waals surface area contributed by atoms with E-state index in [-0.39, 0.29) is 23.9 Å². The van der Waals surface area contributed by atoms with Crippen LogP contribution in [0.2, 0.25) is 0 Å². The van der Waals surface area contributed by atoms with Crippen LogP contribution in [0.5, 0.6) is 0 Å². The third kappa shape index (κ3) is 7.64. The fourth-order valence-corrected chi connectivity index (χ4v) is 5.28. The normalized spacial score (nSPS) is 24.9. The van der Waals surface area contributed by atoms with Crippen molar-refractivity contribution in [2.45, 2.75) is 84.3 Å². The van der Waals surface area contributed by atoms with Crippen LogP contribution in [-0.2, 0) is 38.6 Å². The molecule has 1 saturated heterocycles. The number of Topliss-reactive ketones (excluding diaryl/α,β-unsaturated/α-hetero) is 1. The SMILES string of the molecule is CCC(=O)c1ccc(CCO[C@@]2(C)O[C@H](CC)[C@@H](C)[C@H](OCc3ccccc3)[C@@H]2OCc2ccccc2)cc1. The summed E-state index contributed by atoms with van der Waals surface area (Å²) in [5.41, 5.74) is 4.07. The first-order chi connectivity index (χ1) is 18.9. The molecule has 1 aliphatic rings. The van der Waals surface area contributed by atoms with Crippen molar-refractivity contribution in [2.24, 2.45) is 5.92 Å². The molecule has 5 nitrogen and oxygen atoms in total. The Morgan fingerprint density at radius 3 is 1.97 bits per heavy atom. The van der Waals surface area contributed by atoms with E-state index in [1.807, 2.05) is 74.5 Å². The van der Waals surface area contributed by atoms with Crippen molar-refractivity contribution in [3.63, 3.8) is 0 Å². The monoisotopic (exact) mass is 530 g/mol. The molecule has 1 aliphatic heterocycles. The molecule has 4 rings (SSSR count). The summed E-state index contributed by atoms with van der Waals surface area (Å²) in [6.07, 6.45) is 1.40. The second kappa shape index (κ2) is 14.0. The van der Waals surface area contributed by atoms with Crippen LogP contribution in [0, 0.1) is 5.92 Å². The van der Waals surface area contributed by atoms with E-state index >= 15 is 0 Å². The summed E-state index contributed by atoms with van der Waals surface area (Å²) in [5.74, 6) is -0.707. The Bertz CT molecular complexity index is 1150. The summed E-state index contributed by atoms with van der Waals surface area (Å²) in [7, 11) is 0. The van der Waals surface area contributed by atoms with Crippen LogP contribution in [0.1, 0.15) is 67.6 Å². The van der Waals surface area contributed by atoms with Gasteiger partial charge in [0.15, 0.2) is 11.6 Å². The number of benzene rings is 3. The predicted octanol–water partition coefficient (Wildman–Crippen LogP) is 7.17. The van der Waals surface area contributed by atoms with E-state index in [1.54, 1.807) is 0 Å². The Hall–Kier alpha value is -2.83. The zero-order valence-electron chi connectivity index (χ0n) is 23.7. The summed E-state index contributed by atoms with van der Waals surface area (Å²) >= 11 is 0. The fraction of sp³-hybridized carbons (Fsp3) is 0.441. The number of ketones is 1. The van der Waals surface area contributed by atoms with Crippen molar-refractivity contribution in [2.75, 3.05) is 6.61 Å². The second-order valence-electron chi connectivity index (χ2n) is 10.5. The molecule has 0 radical (unpaired) electrons. The number of ether oxygens (including phenoxy) is 4. The molecule has 5 heteroatoms. The first-order valence-corrected chi connectivity index (χ1v) is 14.2. The molecule has 0 amide bonds. The molecule has 5 atom stereocenters. The van der Waals surface area contributed by atoms with Crippen LogP contribution in [0.3, 0.4) is 0 Å². The molecule has 208 valence electrons. The maximum absolute atomic E-state index is 12.0. The molecule has 0 saturated carbocycles. The third-order valence-electron chi connectivity index (χ3n) is 7.64. The van der Waals surface area contributed by atoms with Crippen molar-refractivity contribution < 1.29 is 23.7 Å². The number of carbonyl (C=O) groups excluding carboxylic acids is 1. The minimum absolute atomic E-state index is 0.0216. The zero-order valence-corrected chi connectivity index (χ0v) is 23.7. The van der Waals surface area contributed by atoms with Crippen molar-refractivity contribution in [3.05, 3.63) is 107 Å². The van der Waals surface area contributed by atoms with E-state index in [2.05, 4.69) is 38.1 Å². The average molecular weight is 531 g/mol. The van der Waals surface area contributed by atoms with Gasteiger partial charge in [-0.3, -0.25) is 4.79 Å². The maximum atomic E-state index is 12.0. The molecular weight excluding hydrogens is 488 g/mol. The van der Waals surface area contributed by atoms with Gasteiger partial charge in [-0.25, -0.2) is 0 Å². The largest absolute Gasteiger partial charge is 0.370 e. The van der Waals surface area contributed by atoms with Crippen LogP contribution in [-0.4, -0.2) is 36.5 Å². The predicted molar refractivity (Wildman–Crippen MR) is 153 cm³/mol. The zero-order chi connectivity index (χ0) is 27.7. The number of hydrogen-bond donors (Lipinski definition) is 0. The van der Waals surface area contributed by atoms with E-state index in [4.69, 9.17) is 18.9 Å². The van der Waals surface area contributed by atoms with Crippen LogP contribution in [0.25, 0.3) is 0 Å². The van der Waals surface area contributed by atoms with Crippen molar-refractivity contribution in [1.29, 1.82) is 0 Å². The Labute approximate surface area is 233 Å². The van der Waals surface area contributed by atoms with Gasteiger partial charge in [0, 0.05) is 17.9 Å². The molecular formula is C34H42O5. The standard InChI is InChI=1S/C34H42O5/c1-5-30(35)29-19-17-26(18-20-29)21-22-38-34(4)33(37-24-28-15-11-8-12-16-28)32(25(3)31(6-2)39-34)36-23-27-13-9-7-10-14-27/h7-20,25,31-33H,5-6,21-24H2,1-4H3/t25-,31-,32+,33+,34+/m1/s1. The Morgan fingerprint density at radius 1 is 0.821 bits per heavy atom. The average Bonchev–Trinajstić information content (AvgIpc) is 2.98. The van der Waals surface area contributed by atoms with E-state index in [9.17, 15) is 4.79 Å². The van der Waals surface area contributed by atoms with Crippen molar-refractivity contribution in [1.82, 2.24) is 0 Å². The molecule has 0 unspecified atom stereocenters. The van der Waals surface area contributed by atoms with E-state index in [0.29, 0.717) is 32.7 Å². The second-order valence-corrected chi connectivity index (χ2v) is 10.5. The van der Waals surface area contributed by atoms with Gasteiger partial charge in [0.1, 0.15) is 6.10 Å². The van der Waals surface area contributed by atoms with Gasteiger partial charge in [-0.15, -0.1) is 0 Å². The molecule has 0 spiro atoms. The highest BCUT2D eigenvalue weighted by atomic mass is 16.7. The van der Waals surface area contributed by atoms with Crippen molar-refractivity contribution in [3.8, 4) is 0 Å². The molecule has 0 aromatic heterocycles. The summed E-state index contributed by atoms with van der Waals surface area (Å²) < 4.78 is 26.4. The van der Waals surface area contributed by atoms with E-state index < -0.39 is 11.9 Å². The Balaban J connectivity index is 1.51. The third-order valence-corrected chi connectivity index (χ3v) is 7.64. The summed E-state index contributed by atoms with van der Waals surface area (Å²) in [5, 5.41) is 0. The van der Waals surface area contributed by atoms with Crippen LogP contribution in [0.15, 0.2) is 84.9 Å². The van der Waals surface area contributed by atoms with E-state index in [1.165, 1.54) is 0 Å². The minimum atomic E-state index is -0.985. The van der Waals surface area contributed by atoms with Gasteiger partial charge < -0.3 is 18.9 Å². The summed E-state index contributed by atoms with van der Waals surface area (Å²) in [6, 6.07) is 28.2. The van der Waals surface area contributed by atoms with Gasteiger partial charge >= 0.3 is 0 Å². The van der Waals surface area contributed by atoms with Gasteiger partial charge in [0.2, 0.25) is 0 Å². The lowest BCUT2D eigenvalue weighted by Gasteiger charge is -2.50. The lowest BCUT2D eigenvalue weighted by Crippen LogP contribution is -2.62. The molecule has 1 fully saturated rings. The molecule has 3 aromatic carbocycles. The molecule has 3 aromatic rings. The van der Waals surface area contributed by atoms with Gasteiger partial charge in [0.05, 0.1) is 32.0 Å². The van der Waals surface area contributed by atoms with Crippen molar-refractivity contribution >= 4 is 5.78 Å². The fourth-order valence-electron chi connectivity index (χ4n) is 5.28. The molecule has 0 aliphatic carbocycles. The highest BCUT2D eigenvalue weighted by Gasteiger charge is 2.52. The van der Waals surface area contributed by atoms with E-state index in [0.717, 1.165) is 28.7 Å². The minimum Gasteiger partial charge on any atom is -0.370 e. The molecule has 0 N–H and O–H groups in total. The number of rotatable bonds is 13.